The minimum atomic E-state index is -0.338. The standard InChI is InChI=1S/C7H14ClNO/c1-7(2,3)5(8)4-6(9)10/h5H,4H2,1-3H3,(H2,9,10). The average Bonchev–Trinajstić information content (AvgIpc) is 1.60. The van der Waals surface area contributed by atoms with Crippen LogP contribution in [0.2, 0.25) is 0 Å². The van der Waals surface area contributed by atoms with Gasteiger partial charge in [0, 0.05) is 11.8 Å². The van der Waals surface area contributed by atoms with Gasteiger partial charge >= 0.3 is 0 Å². The maximum atomic E-state index is 10.4. The number of halogens is 1. The summed E-state index contributed by atoms with van der Waals surface area (Å²) in [6.45, 7) is 5.94. The Bertz CT molecular complexity index is 128. The van der Waals surface area contributed by atoms with Crippen molar-refractivity contribution >= 4 is 17.5 Å². The fraction of sp³-hybridized carbons (Fsp3) is 0.857. The summed E-state index contributed by atoms with van der Waals surface area (Å²) < 4.78 is 0. The molecule has 0 saturated heterocycles. The molecule has 0 fully saturated rings. The van der Waals surface area contributed by atoms with E-state index in [0.29, 0.717) is 0 Å². The Morgan fingerprint density at radius 2 is 2.00 bits per heavy atom. The molecule has 1 unspecified atom stereocenters. The van der Waals surface area contributed by atoms with Gasteiger partial charge in [0.1, 0.15) is 0 Å². The summed E-state index contributed by atoms with van der Waals surface area (Å²) in [6, 6.07) is 0. The predicted octanol–water partition coefficient (Wildman–Crippen LogP) is 1.52. The quantitative estimate of drug-likeness (QED) is 0.617. The van der Waals surface area contributed by atoms with E-state index in [1.165, 1.54) is 0 Å². The van der Waals surface area contributed by atoms with Crippen LogP contribution >= 0.6 is 11.6 Å². The number of hydrogen-bond donors (Lipinski definition) is 1. The van der Waals surface area contributed by atoms with E-state index in [9.17, 15) is 4.79 Å². The molecule has 0 aromatic rings. The molecule has 0 aliphatic carbocycles. The lowest BCUT2D eigenvalue weighted by Gasteiger charge is -2.23. The van der Waals surface area contributed by atoms with Crippen LogP contribution < -0.4 is 5.73 Å². The van der Waals surface area contributed by atoms with Crippen LogP contribution in [0.1, 0.15) is 27.2 Å². The molecule has 10 heavy (non-hydrogen) atoms. The molecule has 2 N–H and O–H groups in total. The number of nitrogens with two attached hydrogens (primary N) is 1. The molecule has 0 bridgehead atoms. The third-order valence-electron chi connectivity index (χ3n) is 1.32. The minimum Gasteiger partial charge on any atom is -0.370 e. The number of alkyl halides is 1. The zero-order valence-electron chi connectivity index (χ0n) is 6.65. The van der Waals surface area contributed by atoms with Crippen molar-refractivity contribution in [1.29, 1.82) is 0 Å². The summed E-state index contributed by atoms with van der Waals surface area (Å²) in [7, 11) is 0. The third-order valence-corrected chi connectivity index (χ3v) is 2.13. The highest BCUT2D eigenvalue weighted by atomic mass is 35.5. The number of carbonyl (C=O) groups is 1. The Balaban J connectivity index is 3.85. The van der Waals surface area contributed by atoms with Crippen molar-refractivity contribution < 1.29 is 4.79 Å². The molecule has 1 amide bonds. The van der Waals surface area contributed by atoms with Gasteiger partial charge in [-0.15, -0.1) is 11.6 Å². The van der Waals surface area contributed by atoms with E-state index in [2.05, 4.69) is 0 Å². The number of amides is 1. The molecule has 0 radical (unpaired) electrons. The minimum absolute atomic E-state index is 0.0451. The summed E-state index contributed by atoms with van der Waals surface area (Å²) in [5.74, 6) is -0.338. The van der Waals surface area contributed by atoms with Gasteiger partial charge in [-0.2, -0.15) is 0 Å². The molecular formula is C7H14ClNO. The fourth-order valence-electron chi connectivity index (χ4n) is 0.483. The summed E-state index contributed by atoms with van der Waals surface area (Å²) in [5.41, 5.74) is 4.92. The Hall–Kier alpha value is -0.240. The van der Waals surface area contributed by atoms with Crippen molar-refractivity contribution in [2.24, 2.45) is 11.1 Å². The molecule has 0 aliphatic rings. The van der Waals surface area contributed by atoms with E-state index in [0.717, 1.165) is 0 Å². The van der Waals surface area contributed by atoms with Gasteiger partial charge in [-0.25, -0.2) is 0 Å². The summed E-state index contributed by atoms with van der Waals surface area (Å²) >= 11 is 5.85. The van der Waals surface area contributed by atoms with E-state index in [4.69, 9.17) is 17.3 Å². The highest BCUT2D eigenvalue weighted by Crippen LogP contribution is 2.26. The van der Waals surface area contributed by atoms with Crippen LogP contribution in [0.4, 0.5) is 0 Å². The number of hydrogen-bond acceptors (Lipinski definition) is 1. The lowest BCUT2D eigenvalue weighted by atomic mass is 9.90. The monoisotopic (exact) mass is 163 g/mol. The van der Waals surface area contributed by atoms with Crippen LogP contribution in [0.15, 0.2) is 0 Å². The van der Waals surface area contributed by atoms with E-state index < -0.39 is 0 Å². The molecule has 0 aromatic carbocycles. The van der Waals surface area contributed by atoms with Crippen LogP contribution in [0.5, 0.6) is 0 Å². The fourth-order valence-corrected chi connectivity index (χ4v) is 0.635. The van der Waals surface area contributed by atoms with E-state index in [1.54, 1.807) is 0 Å². The predicted molar refractivity (Wildman–Crippen MR) is 42.9 cm³/mol. The van der Waals surface area contributed by atoms with Gasteiger partial charge in [0.2, 0.25) is 5.91 Å². The topological polar surface area (TPSA) is 43.1 Å². The summed E-state index contributed by atoms with van der Waals surface area (Å²) in [4.78, 5) is 10.4. The Kier molecular flexibility index (Phi) is 3.16. The van der Waals surface area contributed by atoms with Gasteiger partial charge in [0.15, 0.2) is 0 Å². The molecular weight excluding hydrogens is 150 g/mol. The normalized spacial score (nSPS) is 14.8. The Morgan fingerprint density at radius 1 is 1.60 bits per heavy atom. The van der Waals surface area contributed by atoms with E-state index in [-0.39, 0.29) is 23.1 Å². The lowest BCUT2D eigenvalue weighted by Crippen LogP contribution is -2.26. The smallest absolute Gasteiger partial charge is 0.218 e. The largest absolute Gasteiger partial charge is 0.370 e. The van der Waals surface area contributed by atoms with Crippen molar-refractivity contribution in [2.75, 3.05) is 0 Å². The first-order valence-electron chi connectivity index (χ1n) is 3.26. The zero-order valence-corrected chi connectivity index (χ0v) is 7.40. The summed E-state index contributed by atoms with van der Waals surface area (Å²) in [5, 5.41) is -0.162. The number of primary amides is 1. The van der Waals surface area contributed by atoms with Gasteiger partial charge in [0.05, 0.1) is 0 Å². The number of rotatable bonds is 2. The second kappa shape index (κ2) is 3.24. The van der Waals surface area contributed by atoms with Crippen LogP contribution in [0, 0.1) is 5.41 Å². The van der Waals surface area contributed by atoms with E-state index in [1.807, 2.05) is 20.8 Å². The van der Waals surface area contributed by atoms with Crippen LogP contribution in [-0.4, -0.2) is 11.3 Å². The summed E-state index contributed by atoms with van der Waals surface area (Å²) in [6.07, 6.45) is 0.255. The molecule has 0 aliphatic heterocycles. The van der Waals surface area contributed by atoms with Gasteiger partial charge in [0.25, 0.3) is 0 Å². The van der Waals surface area contributed by atoms with Gasteiger partial charge in [-0.05, 0) is 5.41 Å². The van der Waals surface area contributed by atoms with Gasteiger partial charge in [-0.3, -0.25) is 4.79 Å². The molecule has 2 nitrogen and oxygen atoms in total. The van der Waals surface area contributed by atoms with Crippen LogP contribution in [0.3, 0.4) is 0 Å². The molecule has 0 spiro atoms. The van der Waals surface area contributed by atoms with E-state index >= 15 is 0 Å². The molecule has 3 heteroatoms. The van der Waals surface area contributed by atoms with Crippen molar-refractivity contribution in [3.63, 3.8) is 0 Å². The molecule has 0 rings (SSSR count). The molecule has 0 heterocycles. The SMILES string of the molecule is CC(C)(C)C(Cl)CC(N)=O. The molecule has 0 aromatic heterocycles. The lowest BCUT2D eigenvalue weighted by molar-refractivity contribution is -0.118. The molecule has 60 valence electrons. The van der Waals surface area contributed by atoms with Crippen molar-refractivity contribution in [3.8, 4) is 0 Å². The molecule has 1 atom stereocenters. The second-order valence-electron chi connectivity index (χ2n) is 3.50. The number of carbonyl (C=O) groups excluding carboxylic acids is 1. The van der Waals surface area contributed by atoms with Crippen molar-refractivity contribution in [1.82, 2.24) is 0 Å². The van der Waals surface area contributed by atoms with Gasteiger partial charge in [-0.1, -0.05) is 20.8 Å². The first-order chi connectivity index (χ1) is 4.34. The van der Waals surface area contributed by atoms with Crippen molar-refractivity contribution in [2.45, 2.75) is 32.6 Å². The Morgan fingerprint density at radius 3 is 2.10 bits per heavy atom. The third kappa shape index (κ3) is 3.72. The highest BCUT2D eigenvalue weighted by Gasteiger charge is 2.23. The zero-order chi connectivity index (χ0) is 8.36. The maximum Gasteiger partial charge on any atom is 0.218 e. The highest BCUT2D eigenvalue weighted by molar-refractivity contribution is 6.22. The van der Waals surface area contributed by atoms with Gasteiger partial charge < -0.3 is 5.73 Å². The Labute approximate surface area is 66.7 Å². The average molecular weight is 164 g/mol. The second-order valence-corrected chi connectivity index (χ2v) is 4.03. The van der Waals surface area contributed by atoms with Crippen molar-refractivity contribution in [3.05, 3.63) is 0 Å². The first-order valence-corrected chi connectivity index (χ1v) is 3.70. The molecule has 0 saturated carbocycles. The van der Waals surface area contributed by atoms with Crippen LogP contribution in [0.25, 0.3) is 0 Å². The van der Waals surface area contributed by atoms with Crippen LogP contribution in [-0.2, 0) is 4.79 Å². The maximum absolute atomic E-state index is 10.4. The first kappa shape index (κ1) is 9.76.